The molecule has 0 aliphatic carbocycles. The van der Waals surface area contributed by atoms with E-state index < -0.39 is 0 Å². The van der Waals surface area contributed by atoms with Crippen molar-refractivity contribution in [3.05, 3.63) is 263 Å². The molecule has 0 radical (unpaired) electrons. The van der Waals surface area contributed by atoms with Crippen molar-refractivity contribution in [3.8, 4) is 23.0 Å². The van der Waals surface area contributed by atoms with E-state index in [2.05, 4.69) is 143 Å². The average molecular weight is 841 g/mol. The van der Waals surface area contributed by atoms with Gasteiger partial charge in [0.2, 0.25) is 0 Å². The third-order valence-electron chi connectivity index (χ3n) is 10.9. The summed E-state index contributed by atoms with van der Waals surface area (Å²) in [5, 5.41) is 3.74. The number of aromatic nitrogens is 4. The second-order valence-corrected chi connectivity index (χ2v) is 15.1. The van der Waals surface area contributed by atoms with Gasteiger partial charge in [-0.15, -0.1) is 0 Å². The first-order valence-corrected chi connectivity index (χ1v) is 21.2. The Bertz CT molecular complexity index is 2780. The van der Waals surface area contributed by atoms with Crippen LogP contribution in [0.1, 0.15) is 45.0 Å². The zero-order valence-electron chi connectivity index (χ0n) is 35.5. The fraction of sp³-hybridized carbons (Fsp3) is 0.0714. The van der Waals surface area contributed by atoms with Crippen LogP contribution in [0.25, 0.3) is 22.3 Å². The predicted molar refractivity (Wildman–Crippen MR) is 257 cm³/mol. The summed E-state index contributed by atoms with van der Waals surface area (Å²) in [6.07, 6.45) is 6.98. The smallest absolute Gasteiger partial charge is 0.119 e. The number of benzene rings is 4. The Morgan fingerprint density at radius 2 is 0.500 bits per heavy atom. The van der Waals surface area contributed by atoms with Gasteiger partial charge in [-0.2, -0.15) is 0 Å². The molecule has 4 N–H and O–H groups in total. The highest BCUT2D eigenvalue weighted by Crippen LogP contribution is 2.30. The van der Waals surface area contributed by atoms with Gasteiger partial charge < -0.3 is 38.9 Å². The van der Waals surface area contributed by atoms with Crippen molar-refractivity contribution in [2.75, 3.05) is 26.4 Å². The monoisotopic (exact) mass is 840 g/mol. The van der Waals surface area contributed by atoms with Gasteiger partial charge in [0.25, 0.3) is 0 Å². The van der Waals surface area contributed by atoms with Gasteiger partial charge in [-0.3, -0.25) is 0 Å². The van der Waals surface area contributed by atoms with Gasteiger partial charge >= 0.3 is 0 Å². The van der Waals surface area contributed by atoms with Crippen molar-refractivity contribution in [3.63, 3.8) is 0 Å². The molecule has 8 bridgehead atoms. The number of hydrogen-bond acceptors (Lipinski definition) is 4. The molecule has 5 heterocycles. The first-order valence-electron chi connectivity index (χ1n) is 21.2. The number of ether oxygens (including phenoxy) is 4. The molecule has 9 rings (SSSR count). The van der Waals surface area contributed by atoms with E-state index in [4.69, 9.17) is 18.9 Å². The van der Waals surface area contributed by atoms with Crippen molar-refractivity contribution < 1.29 is 18.9 Å². The van der Waals surface area contributed by atoms with Gasteiger partial charge in [0.15, 0.2) is 0 Å². The number of rotatable bonds is 16. The lowest BCUT2D eigenvalue weighted by Crippen LogP contribution is -2.19. The molecule has 8 nitrogen and oxygen atoms in total. The average Bonchev–Trinajstić information content (AvgIpc) is 4.19. The number of aromatic amines is 4. The quantitative estimate of drug-likeness (QED) is 0.0734. The van der Waals surface area contributed by atoms with Gasteiger partial charge in [0.1, 0.15) is 49.4 Å². The minimum Gasteiger partial charge on any atom is -0.490 e. The van der Waals surface area contributed by atoms with Crippen LogP contribution < -0.4 is 40.3 Å². The van der Waals surface area contributed by atoms with E-state index in [1.165, 1.54) is 0 Å². The molecule has 8 heteroatoms. The highest BCUT2D eigenvalue weighted by Gasteiger charge is 2.19. The predicted octanol–water partition coefficient (Wildman–Crippen LogP) is 8.56. The summed E-state index contributed by atoms with van der Waals surface area (Å²) < 4.78 is 23.6. The molecular formula is C56H48N4O4. The number of nitrogens with one attached hydrogen (secondary N) is 4. The molecule has 1 aliphatic heterocycles. The summed E-state index contributed by atoms with van der Waals surface area (Å²) in [7, 11) is 0. The Morgan fingerprint density at radius 3 is 0.703 bits per heavy atom. The van der Waals surface area contributed by atoms with Crippen LogP contribution in [0.2, 0.25) is 0 Å². The van der Waals surface area contributed by atoms with E-state index in [1.807, 2.05) is 48.5 Å². The van der Waals surface area contributed by atoms with E-state index in [1.54, 1.807) is 24.3 Å². The lowest BCUT2D eigenvalue weighted by Gasteiger charge is -2.11. The largest absolute Gasteiger partial charge is 0.490 e. The van der Waals surface area contributed by atoms with Crippen molar-refractivity contribution in [2.45, 2.75) is 0 Å². The molecule has 8 aromatic rings. The Morgan fingerprint density at radius 1 is 0.281 bits per heavy atom. The summed E-state index contributed by atoms with van der Waals surface area (Å²) in [4.78, 5) is 15.4. The summed E-state index contributed by atoms with van der Waals surface area (Å²) >= 11 is 0. The standard InChI is InChI=1S/C56H48N4O4/c1-5-33-61-41-17-9-37(10-18-41)53-45-25-27-47(57-45)54(38-11-19-42(20-12-38)62-34-6-2)49-29-31-51(59-49)56(40-15-23-44(24-16-40)64-36-8-4)52-32-30-50(60-52)55(48-28-26-46(53)58-48)39-13-21-43(22-14-39)63-35-7-3/h5-32,57-60H,1-4,33-36H2. The highest BCUT2D eigenvalue weighted by molar-refractivity contribution is 5.85. The molecule has 0 atom stereocenters. The zero-order valence-corrected chi connectivity index (χ0v) is 35.5. The molecule has 0 spiro atoms. The topological polar surface area (TPSA) is 100 Å². The molecule has 0 saturated heterocycles. The summed E-state index contributed by atoms with van der Waals surface area (Å²) in [6.45, 7) is 16.9. The Labute approximate surface area is 371 Å². The van der Waals surface area contributed by atoms with Crippen LogP contribution in [0.5, 0.6) is 23.0 Å². The highest BCUT2D eigenvalue weighted by atomic mass is 16.5. The van der Waals surface area contributed by atoms with Crippen LogP contribution in [-0.2, 0) is 0 Å². The van der Waals surface area contributed by atoms with Gasteiger partial charge in [-0.1, -0.05) is 99.2 Å². The van der Waals surface area contributed by atoms with E-state index in [0.717, 1.165) is 112 Å². The van der Waals surface area contributed by atoms with Crippen molar-refractivity contribution in [2.24, 2.45) is 0 Å². The summed E-state index contributed by atoms with van der Waals surface area (Å²) in [6, 6.07) is 49.9. The van der Waals surface area contributed by atoms with Crippen molar-refractivity contribution in [1.29, 1.82) is 0 Å². The first kappa shape index (κ1) is 41.0. The minimum absolute atomic E-state index is 0.424. The lowest BCUT2D eigenvalue weighted by atomic mass is 10.0. The van der Waals surface area contributed by atoms with Gasteiger partial charge in [-0.25, -0.2) is 0 Å². The van der Waals surface area contributed by atoms with Gasteiger partial charge in [-0.05, 0) is 119 Å². The van der Waals surface area contributed by atoms with E-state index >= 15 is 0 Å². The van der Waals surface area contributed by atoms with Gasteiger partial charge in [0.05, 0.1) is 0 Å². The Kier molecular flexibility index (Phi) is 12.0. The SMILES string of the molecule is C=CCOc1ccc(C2=c3ccc([nH]3)=C(c3ccc(OCC=C)cc3)c3ccc([nH]3)C(c3ccc(OCC=C)cc3)=c3ccc([nH]3)=C(c3ccc(OCC=C)cc3)c3ccc2[nH]3)cc1. The van der Waals surface area contributed by atoms with Crippen LogP contribution in [-0.4, -0.2) is 46.4 Å². The number of fused-ring (bicyclic) bond motifs is 8. The molecule has 316 valence electrons. The fourth-order valence-electron chi connectivity index (χ4n) is 8.06. The number of hydrogen-bond donors (Lipinski definition) is 4. The lowest BCUT2D eigenvalue weighted by molar-refractivity contribution is 0.363. The first-order chi connectivity index (χ1) is 31.5. The minimum atomic E-state index is 0.424. The second kappa shape index (κ2) is 18.7. The molecule has 0 amide bonds. The van der Waals surface area contributed by atoms with Crippen LogP contribution in [0, 0.1) is 0 Å². The van der Waals surface area contributed by atoms with Gasteiger partial charge in [0, 0.05) is 66.5 Å². The van der Waals surface area contributed by atoms with Crippen molar-refractivity contribution >= 4 is 22.3 Å². The molecule has 4 aromatic carbocycles. The normalized spacial score (nSPS) is 12.1. The van der Waals surface area contributed by atoms with Crippen LogP contribution >= 0.6 is 0 Å². The summed E-state index contributed by atoms with van der Waals surface area (Å²) in [5.74, 6) is 3.06. The molecular weight excluding hydrogens is 793 g/mol. The Hall–Kier alpha value is -8.36. The third-order valence-corrected chi connectivity index (χ3v) is 10.9. The van der Waals surface area contributed by atoms with Crippen LogP contribution in [0.3, 0.4) is 0 Å². The molecule has 0 saturated carbocycles. The summed E-state index contributed by atoms with van der Waals surface area (Å²) in [5.41, 5.74) is 11.8. The van der Waals surface area contributed by atoms with Crippen LogP contribution in [0.15, 0.2) is 196 Å². The molecule has 64 heavy (non-hydrogen) atoms. The third kappa shape index (κ3) is 8.58. The van der Waals surface area contributed by atoms with E-state index in [-0.39, 0.29) is 0 Å². The van der Waals surface area contributed by atoms with Crippen LogP contribution in [0.4, 0.5) is 0 Å². The van der Waals surface area contributed by atoms with E-state index in [0.29, 0.717) is 26.4 Å². The van der Waals surface area contributed by atoms with Crippen molar-refractivity contribution in [1.82, 2.24) is 19.9 Å². The fourth-order valence-corrected chi connectivity index (χ4v) is 8.06. The number of H-pyrrole nitrogens is 4. The molecule has 4 aromatic heterocycles. The van der Waals surface area contributed by atoms with E-state index in [9.17, 15) is 0 Å². The molecule has 0 fully saturated rings. The maximum Gasteiger partial charge on any atom is 0.119 e. The maximum atomic E-state index is 5.89. The zero-order chi connectivity index (χ0) is 43.8. The Balaban J connectivity index is 1.33. The second-order valence-electron chi connectivity index (χ2n) is 15.1. The maximum absolute atomic E-state index is 5.89. The molecule has 1 aliphatic rings. The molecule has 0 unspecified atom stereocenters.